The molecule has 0 aliphatic heterocycles. The Bertz CT molecular complexity index is 1010. The highest BCUT2D eigenvalue weighted by atomic mass is 35.5. The number of hydrogen-bond acceptors (Lipinski definition) is 3. The van der Waals surface area contributed by atoms with Crippen molar-refractivity contribution in [2.45, 2.75) is 39.9 Å². The fourth-order valence-electron chi connectivity index (χ4n) is 3.29. The molecule has 0 atom stereocenters. The fraction of sp³-hybridized carbons (Fsp3) is 0.280. The van der Waals surface area contributed by atoms with Gasteiger partial charge < -0.3 is 14.2 Å². The SMILES string of the molecule is Cc1ccc(CN(Cc2ccccc2)C(=O)CN(C(=O)c2ccc(Cl)cc2)C(C)C)o1. The summed E-state index contributed by atoms with van der Waals surface area (Å²) in [7, 11) is 0. The predicted molar refractivity (Wildman–Crippen MR) is 122 cm³/mol. The zero-order valence-corrected chi connectivity index (χ0v) is 18.8. The molecule has 0 N–H and O–H groups in total. The van der Waals surface area contributed by atoms with Crippen molar-refractivity contribution >= 4 is 23.4 Å². The topological polar surface area (TPSA) is 53.8 Å². The average Bonchev–Trinajstić information content (AvgIpc) is 3.16. The molecule has 0 fully saturated rings. The zero-order chi connectivity index (χ0) is 22.4. The van der Waals surface area contributed by atoms with Gasteiger partial charge in [0, 0.05) is 23.2 Å². The van der Waals surface area contributed by atoms with Gasteiger partial charge in [0.05, 0.1) is 6.54 Å². The van der Waals surface area contributed by atoms with Crippen LogP contribution in [0.3, 0.4) is 0 Å². The molecular formula is C25H27ClN2O3. The number of benzene rings is 2. The Hall–Kier alpha value is -3.05. The minimum atomic E-state index is -0.200. The molecule has 0 saturated carbocycles. The molecular weight excluding hydrogens is 412 g/mol. The van der Waals surface area contributed by atoms with Crippen molar-refractivity contribution in [3.63, 3.8) is 0 Å². The third-order valence-electron chi connectivity index (χ3n) is 4.99. The molecule has 1 aromatic heterocycles. The third kappa shape index (κ3) is 6.22. The number of furan rings is 1. The van der Waals surface area contributed by atoms with Crippen LogP contribution in [0.4, 0.5) is 0 Å². The van der Waals surface area contributed by atoms with Gasteiger partial charge in [-0.15, -0.1) is 0 Å². The number of amides is 2. The maximum absolute atomic E-state index is 13.3. The first-order chi connectivity index (χ1) is 14.8. The minimum Gasteiger partial charge on any atom is -0.464 e. The maximum Gasteiger partial charge on any atom is 0.254 e. The molecule has 162 valence electrons. The summed E-state index contributed by atoms with van der Waals surface area (Å²) < 4.78 is 5.70. The lowest BCUT2D eigenvalue weighted by Crippen LogP contribution is -2.45. The number of rotatable bonds is 8. The van der Waals surface area contributed by atoms with Crippen LogP contribution in [-0.4, -0.2) is 34.2 Å². The highest BCUT2D eigenvalue weighted by Crippen LogP contribution is 2.16. The summed E-state index contributed by atoms with van der Waals surface area (Å²) in [4.78, 5) is 29.7. The van der Waals surface area contributed by atoms with Crippen LogP contribution >= 0.6 is 11.6 Å². The molecule has 0 aliphatic rings. The van der Waals surface area contributed by atoms with Gasteiger partial charge in [0.1, 0.15) is 18.1 Å². The first-order valence-corrected chi connectivity index (χ1v) is 10.6. The molecule has 31 heavy (non-hydrogen) atoms. The molecule has 0 spiro atoms. The van der Waals surface area contributed by atoms with Crippen molar-refractivity contribution in [2.24, 2.45) is 0 Å². The van der Waals surface area contributed by atoms with Crippen LogP contribution in [0.25, 0.3) is 0 Å². The van der Waals surface area contributed by atoms with Crippen LogP contribution in [0.5, 0.6) is 0 Å². The molecule has 6 heteroatoms. The fourth-order valence-corrected chi connectivity index (χ4v) is 3.41. The lowest BCUT2D eigenvalue weighted by atomic mass is 10.1. The van der Waals surface area contributed by atoms with Crippen molar-refractivity contribution < 1.29 is 14.0 Å². The van der Waals surface area contributed by atoms with Crippen LogP contribution in [0.1, 0.15) is 41.3 Å². The van der Waals surface area contributed by atoms with Crippen molar-refractivity contribution in [3.05, 3.63) is 94.4 Å². The van der Waals surface area contributed by atoms with Crippen molar-refractivity contribution in [1.82, 2.24) is 9.80 Å². The summed E-state index contributed by atoms with van der Waals surface area (Å²) in [5.41, 5.74) is 1.52. The van der Waals surface area contributed by atoms with E-state index in [9.17, 15) is 9.59 Å². The molecule has 2 aromatic carbocycles. The Kier molecular flexibility index (Phi) is 7.53. The maximum atomic E-state index is 13.3. The molecule has 0 bridgehead atoms. The molecule has 0 unspecified atom stereocenters. The molecule has 3 aromatic rings. The van der Waals surface area contributed by atoms with E-state index in [2.05, 4.69) is 0 Å². The second-order valence-corrected chi connectivity index (χ2v) is 8.22. The van der Waals surface area contributed by atoms with Gasteiger partial charge in [-0.05, 0) is 62.7 Å². The van der Waals surface area contributed by atoms with Crippen LogP contribution in [0.2, 0.25) is 5.02 Å². The summed E-state index contributed by atoms with van der Waals surface area (Å²) >= 11 is 5.95. The molecule has 3 rings (SSSR count). The van der Waals surface area contributed by atoms with Crippen LogP contribution in [0, 0.1) is 6.92 Å². The van der Waals surface area contributed by atoms with E-state index in [1.165, 1.54) is 0 Å². The molecule has 0 aliphatic carbocycles. The van der Waals surface area contributed by atoms with E-state index in [4.69, 9.17) is 16.0 Å². The van der Waals surface area contributed by atoms with Gasteiger partial charge in [-0.25, -0.2) is 0 Å². The predicted octanol–water partition coefficient (Wildman–Crippen LogP) is 5.32. The standard InChI is InChI=1S/C25H27ClN2O3/c1-18(2)28(25(30)21-10-12-22(26)13-11-21)17-24(29)27(15-20-7-5-4-6-8-20)16-23-14-9-19(3)31-23/h4-14,18H,15-17H2,1-3H3. The lowest BCUT2D eigenvalue weighted by Gasteiger charge is -2.30. The summed E-state index contributed by atoms with van der Waals surface area (Å²) in [5.74, 6) is 1.16. The summed E-state index contributed by atoms with van der Waals surface area (Å²) in [6, 6.07) is 20.1. The van der Waals surface area contributed by atoms with Crippen LogP contribution in [-0.2, 0) is 17.9 Å². The van der Waals surface area contributed by atoms with E-state index in [0.717, 1.165) is 11.3 Å². The highest BCUT2D eigenvalue weighted by Gasteiger charge is 2.25. The Labute approximate surface area is 188 Å². The summed E-state index contributed by atoms with van der Waals surface area (Å²) in [5, 5.41) is 0.562. The number of aryl methyl sites for hydroxylation is 1. The van der Waals surface area contributed by atoms with Gasteiger partial charge in [-0.1, -0.05) is 41.9 Å². The molecule has 2 amide bonds. The largest absolute Gasteiger partial charge is 0.464 e. The Morgan fingerprint density at radius 2 is 1.61 bits per heavy atom. The summed E-state index contributed by atoms with van der Waals surface area (Å²) in [6.45, 7) is 6.42. The first-order valence-electron chi connectivity index (χ1n) is 10.3. The number of hydrogen-bond donors (Lipinski definition) is 0. The average molecular weight is 439 g/mol. The van der Waals surface area contributed by atoms with Crippen LogP contribution in [0.15, 0.2) is 71.1 Å². The Morgan fingerprint density at radius 3 is 2.19 bits per heavy atom. The second kappa shape index (κ2) is 10.3. The normalized spacial score (nSPS) is 10.9. The second-order valence-electron chi connectivity index (χ2n) is 7.78. The van der Waals surface area contributed by atoms with E-state index in [-0.39, 0.29) is 24.4 Å². The monoisotopic (exact) mass is 438 g/mol. The van der Waals surface area contributed by atoms with Crippen molar-refractivity contribution in [1.29, 1.82) is 0 Å². The third-order valence-corrected chi connectivity index (χ3v) is 5.24. The van der Waals surface area contributed by atoms with Crippen molar-refractivity contribution in [2.75, 3.05) is 6.54 Å². The van der Waals surface area contributed by atoms with E-state index < -0.39 is 0 Å². The van der Waals surface area contributed by atoms with E-state index in [0.29, 0.717) is 29.4 Å². The van der Waals surface area contributed by atoms with Gasteiger partial charge in [0.15, 0.2) is 0 Å². The molecule has 0 saturated heterocycles. The van der Waals surface area contributed by atoms with Gasteiger partial charge in [0.25, 0.3) is 5.91 Å². The van der Waals surface area contributed by atoms with Gasteiger partial charge in [-0.3, -0.25) is 9.59 Å². The lowest BCUT2D eigenvalue weighted by molar-refractivity contribution is -0.133. The number of halogens is 1. The van der Waals surface area contributed by atoms with E-state index in [1.54, 1.807) is 34.1 Å². The quantitative estimate of drug-likeness (QED) is 0.478. The Morgan fingerprint density at radius 1 is 0.935 bits per heavy atom. The Balaban J connectivity index is 1.80. The number of nitrogens with zero attached hydrogens (tertiary/aromatic N) is 2. The number of carbonyl (C=O) groups is 2. The van der Waals surface area contributed by atoms with Gasteiger partial charge in [0.2, 0.25) is 5.91 Å². The van der Waals surface area contributed by atoms with Crippen LogP contribution < -0.4 is 0 Å². The molecule has 1 heterocycles. The summed E-state index contributed by atoms with van der Waals surface area (Å²) in [6.07, 6.45) is 0. The first kappa shape index (κ1) is 22.6. The van der Waals surface area contributed by atoms with E-state index in [1.807, 2.05) is 63.2 Å². The minimum absolute atomic E-state index is 0.0222. The van der Waals surface area contributed by atoms with Crippen molar-refractivity contribution in [3.8, 4) is 0 Å². The van der Waals surface area contributed by atoms with E-state index >= 15 is 0 Å². The van der Waals surface area contributed by atoms with Gasteiger partial charge in [-0.2, -0.15) is 0 Å². The highest BCUT2D eigenvalue weighted by molar-refractivity contribution is 6.30. The molecule has 0 radical (unpaired) electrons. The zero-order valence-electron chi connectivity index (χ0n) is 18.0. The number of carbonyl (C=O) groups excluding carboxylic acids is 2. The molecule has 5 nitrogen and oxygen atoms in total. The smallest absolute Gasteiger partial charge is 0.254 e. The van der Waals surface area contributed by atoms with Gasteiger partial charge >= 0.3 is 0 Å².